The normalized spacial score (nSPS) is 19.9. The standard InChI is InChI=1S/C13H16O2/c1-2-6-12(7-3-1)10-14-11-13-8-4-5-9-15-13/h1-3,5-7,9,13H,4,8,10-11H2/t13-/m1/s1. The first-order valence-corrected chi connectivity index (χ1v) is 5.37. The summed E-state index contributed by atoms with van der Waals surface area (Å²) in [6.07, 6.45) is 6.22. The average molecular weight is 204 g/mol. The predicted molar refractivity (Wildman–Crippen MR) is 59.3 cm³/mol. The van der Waals surface area contributed by atoms with Crippen molar-refractivity contribution in [2.75, 3.05) is 6.61 Å². The Labute approximate surface area is 90.5 Å². The third-order valence-electron chi connectivity index (χ3n) is 2.44. The monoisotopic (exact) mass is 204 g/mol. The number of ether oxygens (including phenoxy) is 2. The Morgan fingerprint density at radius 3 is 2.87 bits per heavy atom. The highest BCUT2D eigenvalue weighted by molar-refractivity contribution is 5.13. The highest BCUT2D eigenvalue weighted by Crippen LogP contribution is 2.11. The third-order valence-corrected chi connectivity index (χ3v) is 2.44. The van der Waals surface area contributed by atoms with Gasteiger partial charge in [-0.15, -0.1) is 0 Å². The summed E-state index contributed by atoms with van der Waals surface area (Å²) in [5.41, 5.74) is 1.21. The topological polar surface area (TPSA) is 18.5 Å². The van der Waals surface area contributed by atoms with Crippen molar-refractivity contribution in [3.8, 4) is 0 Å². The quantitative estimate of drug-likeness (QED) is 0.750. The molecule has 2 nitrogen and oxygen atoms in total. The second-order valence-electron chi connectivity index (χ2n) is 3.71. The van der Waals surface area contributed by atoms with Gasteiger partial charge in [0.15, 0.2) is 0 Å². The van der Waals surface area contributed by atoms with Crippen LogP contribution >= 0.6 is 0 Å². The Balaban J connectivity index is 1.68. The average Bonchev–Trinajstić information content (AvgIpc) is 2.32. The zero-order valence-corrected chi connectivity index (χ0v) is 8.76. The maximum absolute atomic E-state index is 5.60. The first kappa shape index (κ1) is 10.2. The van der Waals surface area contributed by atoms with Gasteiger partial charge in [-0.1, -0.05) is 30.3 Å². The van der Waals surface area contributed by atoms with Crippen LogP contribution in [0.15, 0.2) is 42.7 Å². The molecule has 1 aromatic carbocycles. The molecule has 2 rings (SSSR count). The molecule has 0 saturated carbocycles. The number of benzene rings is 1. The van der Waals surface area contributed by atoms with Crippen LogP contribution in [0.2, 0.25) is 0 Å². The summed E-state index contributed by atoms with van der Waals surface area (Å²) in [4.78, 5) is 0. The van der Waals surface area contributed by atoms with Crippen molar-refractivity contribution in [1.29, 1.82) is 0 Å². The van der Waals surface area contributed by atoms with Crippen LogP contribution in [0.5, 0.6) is 0 Å². The molecule has 0 radical (unpaired) electrons. The lowest BCUT2D eigenvalue weighted by atomic mass is 10.2. The molecule has 15 heavy (non-hydrogen) atoms. The summed E-state index contributed by atoms with van der Waals surface area (Å²) in [5, 5.41) is 0. The maximum Gasteiger partial charge on any atom is 0.121 e. The molecule has 0 aliphatic carbocycles. The summed E-state index contributed by atoms with van der Waals surface area (Å²) < 4.78 is 11.0. The molecule has 0 saturated heterocycles. The molecule has 0 bridgehead atoms. The zero-order chi connectivity index (χ0) is 10.3. The van der Waals surface area contributed by atoms with Gasteiger partial charge in [0, 0.05) is 0 Å². The van der Waals surface area contributed by atoms with Crippen LogP contribution in [-0.4, -0.2) is 12.7 Å². The lowest BCUT2D eigenvalue weighted by Gasteiger charge is -2.19. The van der Waals surface area contributed by atoms with Crippen LogP contribution in [0, 0.1) is 0 Å². The van der Waals surface area contributed by atoms with E-state index in [1.807, 2.05) is 24.3 Å². The molecular formula is C13H16O2. The van der Waals surface area contributed by atoms with Crippen molar-refractivity contribution in [1.82, 2.24) is 0 Å². The molecule has 1 heterocycles. The van der Waals surface area contributed by atoms with E-state index < -0.39 is 0 Å². The van der Waals surface area contributed by atoms with Crippen LogP contribution in [0.4, 0.5) is 0 Å². The van der Waals surface area contributed by atoms with Crippen molar-refractivity contribution in [3.05, 3.63) is 48.2 Å². The SMILES string of the molecule is C1=CO[C@@H](COCc2ccccc2)CC1. The fourth-order valence-corrected chi connectivity index (χ4v) is 1.59. The molecule has 1 aliphatic rings. The van der Waals surface area contributed by atoms with Gasteiger partial charge < -0.3 is 9.47 Å². The number of hydrogen-bond donors (Lipinski definition) is 0. The van der Waals surface area contributed by atoms with E-state index in [4.69, 9.17) is 9.47 Å². The number of allylic oxidation sites excluding steroid dienone is 1. The third kappa shape index (κ3) is 3.40. The Kier molecular flexibility index (Phi) is 3.80. The minimum absolute atomic E-state index is 0.235. The van der Waals surface area contributed by atoms with Gasteiger partial charge >= 0.3 is 0 Å². The van der Waals surface area contributed by atoms with E-state index in [1.54, 1.807) is 6.26 Å². The van der Waals surface area contributed by atoms with Gasteiger partial charge in [0.1, 0.15) is 6.10 Å². The number of rotatable bonds is 4. The van der Waals surface area contributed by atoms with Crippen molar-refractivity contribution in [3.63, 3.8) is 0 Å². The van der Waals surface area contributed by atoms with E-state index in [0.717, 1.165) is 12.8 Å². The summed E-state index contributed by atoms with van der Waals surface area (Å²) in [6.45, 7) is 1.35. The molecule has 0 N–H and O–H groups in total. The van der Waals surface area contributed by atoms with E-state index >= 15 is 0 Å². The van der Waals surface area contributed by atoms with Crippen molar-refractivity contribution < 1.29 is 9.47 Å². The van der Waals surface area contributed by atoms with Gasteiger partial charge in [0.05, 0.1) is 19.5 Å². The lowest BCUT2D eigenvalue weighted by Crippen LogP contribution is -2.19. The van der Waals surface area contributed by atoms with E-state index in [9.17, 15) is 0 Å². The summed E-state index contributed by atoms with van der Waals surface area (Å²) in [7, 11) is 0. The first-order valence-electron chi connectivity index (χ1n) is 5.37. The molecule has 1 atom stereocenters. The molecule has 0 fully saturated rings. The smallest absolute Gasteiger partial charge is 0.121 e. The molecule has 0 spiro atoms. The minimum Gasteiger partial charge on any atom is -0.496 e. The number of hydrogen-bond acceptors (Lipinski definition) is 2. The lowest BCUT2D eigenvalue weighted by molar-refractivity contribution is 0.0109. The van der Waals surface area contributed by atoms with E-state index in [-0.39, 0.29) is 6.10 Å². The van der Waals surface area contributed by atoms with Crippen LogP contribution in [0.3, 0.4) is 0 Å². The Bertz CT molecular complexity index is 306. The van der Waals surface area contributed by atoms with Gasteiger partial charge in [-0.3, -0.25) is 0 Å². The fourth-order valence-electron chi connectivity index (χ4n) is 1.59. The molecular weight excluding hydrogens is 188 g/mol. The van der Waals surface area contributed by atoms with Gasteiger partial charge in [-0.25, -0.2) is 0 Å². The van der Waals surface area contributed by atoms with E-state index in [1.165, 1.54) is 5.56 Å². The zero-order valence-electron chi connectivity index (χ0n) is 8.76. The van der Waals surface area contributed by atoms with Crippen molar-refractivity contribution in [2.45, 2.75) is 25.6 Å². The van der Waals surface area contributed by atoms with Crippen LogP contribution in [0.1, 0.15) is 18.4 Å². The highest BCUT2D eigenvalue weighted by atomic mass is 16.5. The molecule has 2 heteroatoms. The second kappa shape index (κ2) is 5.56. The molecule has 80 valence electrons. The van der Waals surface area contributed by atoms with Gasteiger partial charge in [0.2, 0.25) is 0 Å². The Morgan fingerprint density at radius 1 is 1.27 bits per heavy atom. The summed E-state index contributed by atoms with van der Waals surface area (Å²) in [6, 6.07) is 10.2. The maximum atomic E-state index is 5.60. The minimum atomic E-state index is 0.235. The van der Waals surface area contributed by atoms with Crippen LogP contribution in [-0.2, 0) is 16.1 Å². The molecule has 0 unspecified atom stereocenters. The summed E-state index contributed by atoms with van der Waals surface area (Å²) in [5.74, 6) is 0. The molecule has 0 amide bonds. The van der Waals surface area contributed by atoms with Crippen LogP contribution < -0.4 is 0 Å². The van der Waals surface area contributed by atoms with Crippen molar-refractivity contribution in [2.24, 2.45) is 0 Å². The van der Waals surface area contributed by atoms with Gasteiger partial charge in [0.25, 0.3) is 0 Å². The fraction of sp³-hybridized carbons (Fsp3) is 0.385. The Morgan fingerprint density at radius 2 is 2.13 bits per heavy atom. The Hall–Kier alpha value is -1.28. The second-order valence-corrected chi connectivity index (χ2v) is 3.71. The first-order chi connectivity index (χ1) is 7.45. The largest absolute Gasteiger partial charge is 0.496 e. The van der Waals surface area contributed by atoms with Gasteiger partial charge in [-0.05, 0) is 24.5 Å². The molecule has 1 aliphatic heterocycles. The van der Waals surface area contributed by atoms with Crippen LogP contribution in [0.25, 0.3) is 0 Å². The highest BCUT2D eigenvalue weighted by Gasteiger charge is 2.10. The summed E-state index contributed by atoms with van der Waals surface area (Å²) >= 11 is 0. The van der Waals surface area contributed by atoms with Crippen molar-refractivity contribution >= 4 is 0 Å². The molecule has 0 aromatic heterocycles. The molecule has 1 aromatic rings. The van der Waals surface area contributed by atoms with Gasteiger partial charge in [-0.2, -0.15) is 0 Å². The van der Waals surface area contributed by atoms with E-state index in [2.05, 4.69) is 12.1 Å². The predicted octanol–water partition coefficient (Wildman–Crippen LogP) is 2.90. The van der Waals surface area contributed by atoms with E-state index in [0.29, 0.717) is 13.2 Å².